The Morgan fingerprint density at radius 3 is 2.67 bits per heavy atom. The van der Waals surface area contributed by atoms with Gasteiger partial charge in [-0.05, 0) is 50.1 Å². The average molecular weight is 430 g/mol. The molecule has 0 saturated carbocycles. The molecule has 1 amide bonds. The Labute approximate surface area is 178 Å². The molecule has 0 fully saturated rings. The van der Waals surface area contributed by atoms with Crippen molar-refractivity contribution in [3.63, 3.8) is 0 Å². The first-order chi connectivity index (χ1) is 14.3. The van der Waals surface area contributed by atoms with Crippen LogP contribution in [0.15, 0.2) is 47.6 Å². The molecule has 0 spiro atoms. The first kappa shape index (κ1) is 21.6. The average Bonchev–Trinajstić information content (AvgIpc) is 3.06. The monoisotopic (exact) mass is 429 g/mol. The molecule has 0 aliphatic carbocycles. The Morgan fingerprint density at radius 1 is 1.23 bits per heavy atom. The molecule has 1 atom stereocenters. The number of amides is 1. The highest BCUT2D eigenvalue weighted by Gasteiger charge is 2.15. The summed E-state index contributed by atoms with van der Waals surface area (Å²) in [7, 11) is 0. The fourth-order valence-electron chi connectivity index (χ4n) is 2.86. The summed E-state index contributed by atoms with van der Waals surface area (Å²) in [5.41, 5.74) is 3.01. The predicted molar refractivity (Wildman–Crippen MR) is 114 cm³/mol. The van der Waals surface area contributed by atoms with Crippen LogP contribution in [0.5, 0.6) is 5.75 Å². The number of carbonyl (C=O) groups excluding carboxylic acids is 1. The fourth-order valence-corrected chi connectivity index (χ4v) is 3.54. The minimum atomic E-state index is -0.313. The van der Waals surface area contributed by atoms with E-state index in [-0.39, 0.29) is 30.1 Å². The zero-order valence-electron chi connectivity index (χ0n) is 17.1. The highest BCUT2D eigenvalue weighted by molar-refractivity contribution is 7.99. The highest BCUT2D eigenvalue weighted by atomic mass is 32.2. The molecule has 0 saturated heterocycles. The number of nitrogens with two attached hydrogens (primary N) is 1. The van der Waals surface area contributed by atoms with Crippen molar-refractivity contribution in [1.29, 1.82) is 0 Å². The third-order valence-electron chi connectivity index (χ3n) is 4.50. The number of hydrogen-bond donors (Lipinski definition) is 2. The minimum Gasteiger partial charge on any atom is -0.485 e. The summed E-state index contributed by atoms with van der Waals surface area (Å²) in [6, 6.07) is 11.7. The molecule has 0 aliphatic heterocycles. The molecule has 0 aliphatic rings. The maximum absolute atomic E-state index is 13.0. The predicted octanol–water partition coefficient (Wildman–Crippen LogP) is 3.30. The van der Waals surface area contributed by atoms with E-state index in [1.54, 1.807) is 12.1 Å². The van der Waals surface area contributed by atoms with E-state index in [2.05, 4.69) is 15.5 Å². The summed E-state index contributed by atoms with van der Waals surface area (Å²) in [5.74, 6) is 6.88. The molecule has 0 radical (unpaired) electrons. The second-order valence-electron chi connectivity index (χ2n) is 6.96. The van der Waals surface area contributed by atoms with Crippen LogP contribution in [0.4, 0.5) is 4.39 Å². The Morgan fingerprint density at radius 2 is 1.97 bits per heavy atom. The van der Waals surface area contributed by atoms with Gasteiger partial charge in [0.1, 0.15) is 18.2 Å². The van der Waals surface area contributed by atoms with Gasteiger partial charge in [-0.1, -0.05) is 41.6 Å². The highest BCUT2D eigenvalue weighted by Crippen LogP contribution is 2.21. The molecule has 0 unspecified atom stereocenters. The number of nitrogen functional groups attached to an aromatic ring is 1. The van der Waals surface area contributed by atoms with Crippen LogP contribution in [-0.4, -0.2) is 26.5 Å². The van der Waals surface area contributed by atoms with Gasteiger partial charge >= 0.3 is 0 Å². The Hall–Kier alpha value is -3.07. The normalized spacial score (nSPS) is 11.9. The van der Waals surface area contributed by atoms with Gasteiger partial charge in [0.2, 0.25) is 11.1 Å². The van der Waals surface area contributed by atoms with Crippen molar-refractivity contribution in [3.05, 3.63) is 70.8 Å². The Balaban J connectivity index is 1.51. The van der Waals surface area contributed by atoms with Gasteiger partial charge in [0.05, 0.1) is 11.8 Å². The lowest BCUT2D eigenvalue weighted by atomic mass is 10.1. The van der Waals surface area contributed by atoms with Gasteiger partial charge in [-0.3, -0.25) is 4.79 Å². The van der Waals surface area contributed by atoms with Crippen LogP contribution in [-0.2, 0) is 11.4 Å². The Bertz CT molecular complexity index is 1020. The number of rotatable bonds is 8. The van der Waals surface area contributed by atoms with E-state index in [1.807, 2.05) is 39.0 Å². The summed E-state index contributed by atoms with van der Waals surface area (Å²) >= 11 is 1.18. The third kappa shape index (κ3) is 5.50. The lowest BCUT2D eigenvalue weighted by molar-refractivity contribution is -0.119. The van der Waals surface area contributed by atoms with E-state index in [1.165, 1.54) is 28.6 Å². The van der Waals surface area contributed by atoms with Gasteiger partial charge in [0.15, 0.2) is 5.82 Å². The van der Waals surface area contributed by atoms with Crippen molar-refractivity contribution < 1.29 is 13.9 Å². The van der Waals surface area contributed by atoms with E-state index < -0.39 is 0 Å². The summed E-state index contributed by atoms with van der Waals surface area (Å²) < 4.78 is 20.1. The molecule has 3 rings (SSSR count). The zero-order chi connectivity index (χ0) is 21.7. The van der Waals surface area contributed by atoms with E-state index in [0.29, 0.717) is 11.0 Å². The lowest BCUT2D eigenvalue weighted by Crippen LogP contribution is -2.28. The van der Waals surface area contributed by atoms with Crippen molar-refractivity contribution in [3.8, 4) is 5.75 Å². The summed E-state index contributed by atoms with van der Waals surface area (Å²) in [6.45, 7) is 6.00. The molecule has 30 heavy (non-hydrogen) atoms. The van der Waals surface area contributed by atoms with Crippen LogP contribution in [0.2, 0.25) is 0 Å². The van der Waals surface area contributed by atoms with Crippen LogP contribution < -0.4 is 15.9 Å². The van der Waals surface area contributed by atoms with E-state index in [9.17, 15) is 9.18 Å². The maximum atomic E-state index is 13.0. The number of halogens is 1. The van der Waals surface area contributed by atoms with Crippen molar-refractivity contribution in [2.75, 3.05) is 11.6 Å². The number of aromatic nitrogens is 3. The molecule has 158 valence electrons. The van der Waals surface area contributed by atoms with Crippen LogP contribution in [0.1, 0.15) is 35.5 Å². The van der Waals surface area contributed by atoms with Gasteiger partial charge in [-0.15, -0.1) is 10.2 Å². The van der Waals surface area contributed by atoms with Crippen molar-refractivity contribution in [2.24, 2.45) is 0 Å². The standard InChI is InChI=1S/C21H24FN5O2S/c1-13-4-9-18(14(2)10-13)29-11-19-25-26-21(27(19)23)30-12-20(28)24-15(3)16-5-7-17(22)8-6-16/h4-10,15H,11-12,23H2,1-3H3,(H,24,28)/t15-/m0/s1. The molecule has 0 bridgehead atoms. The molecule has 2 aromatic carbocycles. The van der Waals surface area contributed by atoms with Gasteiger partial charge in [-0.2, -0.15) is 0 Å². The summed E-state index contributed by atoms with van der Waals surface area (Å²) in [4.78, 5) is 12.2. The lowest BCUT2D eigenvalue weighted by Gasteiger charge is -2.14. The van der Waals surface area contributed by atoms with E-state index >= 15 is 0 Å². The van der Waals surface area contributed by atoms with Crippen molar-refractivity contribution >= 4 is 17.7 Å². The van der Waals surface area contributed by atoms with Gasteiger partial charge in [0, 0.05) is 0 Å². The maximum Gasteiger partial charge on any atom is 0.230 e. The molecule has 3 N–H and O–H groups in total. The number of nitrogens with zero attached hydrogens (tertiary/aromatic N) is 3. The second-order valence-corrected chi connectivity index (χ2v) is 7.90. The number of hydrogen-bond acceptors (Lipinski definition) is 6. The zero-order valence-corrected chi connectivity index (χ0v) is 17.9. The first-order valence-corrected chi connectivity index (χ1v) is 10.4. The quantitative estimate of drug-likeness (QED) is 0.421. The van der Waals surface area contributed by atoms with Gasteiger partial charge in [0.25, 0.3) is 0 Å². The summed E-state index contributed by atoms with van der Waals surface area (Å²) in [5, 5.41) is 11.4. The number of nitrogens with one attached hydrogen (secondary N) is 1. The molecular weight excluding hydrogens is 405 g/mol. The molecular formula is C21H24FN5O2S. The van der Waals surface area contributed by atoms with Crippen LogP contribution in [0.25, 0.3) is 0 Å². The minimum absolute atomic E-state index is 0.124. The third-order valence-corrected chi connectivity index (χ3v) is 5.45. The number of aryl methyl sites for hydroxylation is 2. The van der Waals surface area contributed by atoms with Crippen LogP contribution >= 0.6 is 11.8 Å². The van der Waals surface area contributed by atoms with E-state index in [4.69, 9.17) is 10.6 Å². The summed E-state index contributed by atoms with van der Waals surface area (Å²) in [6.07, 6.45) is 0. The van der Waals surface area contributed by atoms with Crippen LogP contribution in [0, 0.1) is 19.7 Å². The largest absolute Gasteiger partial charge is 0.485 e. The number of benzene rings is 2. The van der Waals surface area contributed by atoms with Gasteiger partial charge < -0.3 is 15.9 Å². The molecule has 7 nitrogen and oxygen atoms in total. The van der Waals surface area contributed by atoms with Crippen molar-refractivity contribution in [1.82, 2.24) is 20.2 Å². The second kappa shape index (κ2) is 9.62. The molecule has 1 heterocycles. The Kier molecular flexibility index (Phi) is 6.94. The van der Waals surface area contributed by atoms with Gasteiger partial charge in [-0.25, -0.2) is 9.07 Å². The number of thioether (sulfide) groups is 1. The molecule has 3 aromatic rings. The molecule has 1 aromatic heterocycles. The van der Waals surface area contributed by atoms with Crippen LogP contribution in [0.3, 0.4) is 0 Å². The van der Waals surface area contributed by atoms with Crippen molar-refractivity contribution in [2.45, 2.75) is 38.6 Å². The smallest absolute Gasteiger partial charge is 0.230 e. The number of ether oxygens (including phenoxy) is 1. The first-order valence-electron chi connectivity index (χ1n) is 9.40. The van der Waals surface area contributed by atoms with E-state index in [0.717, 1.165) is 22.4 Å². The topological polar surface area (TPSA) is 95.1 Å². The molecule has 9 heteroatoms. The number of carbonyl (C=O) groups is 1. The fraction of sp³-hybridized carbons (Fsp3) is 0.286. The SMILES string of the molecule is Cc1ccc(OCc2nnc(SCC(=O)N[C@@H](C)c3ccc(F)cc3)n2N)c(C)c1.